The van der Waals surface area contributed by atoms with Gasteiger partial charge in [-0.05, 0) is 49.1 Å². The Hall–Kier alpha value is -2.67. The molecule has 27 heavy (non-hydrogen) atoms. The standard InChI is InChI=1S/C20H21FN4O2/c1-11-8-25(20(26)27-11)13-3-4-14(17(21)6-13)12-2-5-18(23-7-12)24-9-15-16(10-24)19(15)22/h2-7,11,15-16,19H,8-10,22H2,1H3/t11-,15-,16+,19?/m1/s1. The Morgan fingerprint density at radius 1 is 1.19 bits per heavy atom. The van der Waals surface area contributed by atoms with Crippen molar-refractivity contribution in [3.05, 3.63) is 42.3 Å². The Bertz CT molecular complexity index is 891. The fourth-order valence-electron chi connectivity index (χ4n) is 4.21. The minimum absolute atomic E-state index is 0.192. The molecule has 3 aliphatic rings. The van der Waals surface area contributed by atoms with Crippen LogP contribution >= 0.6 is 0 Å². The summed E-state index contributed by atoms with van der Waals surface area (Å²) in [5, 5.41) is 0. The molecule has 4 atom stereocenters. The predicted molar refractivity (Wildman–Crippen MR) is 100 cm³/mol. The number of anilines is 2. The van der Waals surface area contributed by atoms with Crippen LogP contribution < -0.4 is 15.5 Å². The number of ether oxygens (including phenoxy) is 1. The first-order valence-corrected chi connectivity index (χ1v) is 9.26. The van der Waals surface area contributed by atoms with E-state index in [0.29, 0.717) is 41.2 Å². The van der Waals surface area contributed by atoms with Crippen molar-refractivity contribution in [2.75, 3.05) is 29.4 Å². The van der Waals surface area contributed by atoms with Gasteiger partial charge in [-0.3, -0.25) is 4.90 Å². The Morgan fingerprint density at radius 2 is 1.96 bits per heavy atom. The number of hydrogen-bond acceptors (Lipinski definition) is 5. The Morgan fingerprint density at radius 3 is 2.56 bits per heavy atom. The van der Waals surface area contributed by atoms with Crippen LogP contribution in [0, 0.1) is 17.7 Å². The van der Waals surface area contributed by atoms with Crippen molar-refractivity contribution >= 4 is 17.6 Å². The highest BCUT2D eigenvalue weighted by molar-refractivity contribution is 5.90. The molecule has 1 unspecified atom stereocenters. The van der Waals surface area contributed by atoms with Crippen LogP contribution in [0.15, 0.2) is 36.5 Å². The normalized spacial score (nSPS) is 29.1. The third-order valence-corrected chi connectivity index (χ3v) is 5.87. The molecule has 2 aromatic rings. The van der Waals surface area contributed by atoms with Gasteiger partial charge in [-0.25, -0.2) is 14.2 Å². The summed E-state index contributed by atoms with van der Waals surface area (Å²) in [7, 11) is 0. The van der Waals surface area contributed by atoms with Crippen LogP contribution in [0.1, 0.15) is 6.92 Å². The van der Waals surface area contributed by atoms with Crippen LogP contribution in [0.5, 0.6) is 0 Å². The SMILES string of the molecule is C[C@@H]1CN(c2ccc(-c3ccc(N4C[C@@H]5C(N)[C@@H]5C4)nc3)c(F)c2)C(=O)O1. The molecule has 1 amide bonds. The number of nitrogens with zero attached hydrogens (tertiary/aromatic N) is 3. The van der Waals surface area contributed by atoms with Crippen molar-refractivity contribution in [2.45, 2.75) is 19.1 Å². The van der Waals surface area contributed by atoms with E-state index in [2.05, 4.69) is 9.88 Å². The average molecular weight is 368 g/mol. The van der Waals surface area contributed by atoms with Gasteiger partial charge >= 0.3 is 6.09 Å². The summed E-state index contributed by atoms with van der Waals surface area (Å²) in [6, 6.07) is 8.96. The van der Waals surface area contributed by atoms with Gasteiger partial charge in [-0.1, -0.05) is 0 Å². The van der Waals surface area contributed by atoms with Crippen LogP contribution in [0.25, 0.3) is 11.1 Å². The molecule has 1 aromatic carbocycles. The van der Waals surface area contributed by atoms with Crippen LogP contribution in [-0.4, -0.2) is 42.9 Å². The van der Waals surface area contributed by atoms with E-state index in [-0.39, 0.29) is 11.9 Å². The molecule has 2 aliphatic heterocycles. The smallest absolute Gasteiger partial charge is 0.414 e. The lowest BCUT2D eigenvalue weighted by atomic mass is 10.1. The molecule has 0 spiro atoms. The number of rotatable bonds is 3. The molecule has 140 valence electrons. The zero-order chi connectivity index (χ0) is 18.7. The van der Waals surface area contributed by atoms with E-state index in [0.717, 1.165) is 18.9 Å². The van der Waals surface area contributed by atoms with Gasteiger partial charge in [0.05, 0.1) is 12.2 Å². The number of carbonyl (C=O) groups is 1. The third-order valence-electron chi connectivity index (χ3n) is 5.87. The molecular formula is C20H21FN4O2. The van der Waals surface area contributed by atoms with Gasteiger partial charge in [-0.15, -0.1) is 0 Å². The maximum atomic E-state index is 14.7. The Balaban J connectivity index is 1.35. The number of fused-ring (bicyclic) bond motifs is 1. The fraction of sp³-hybridized carbons (Fsp3) is 0.400. The molecule has 5 rings (SSSR count). The number of hydrogen-bond donors (Lipinski definition) is 1. The van der Waals surface area contributed by atoms with E-state index in [4.69, 9.17) is 10.5 Å². The molecule has 1 aromatic heterocycles. The highest BCUT2D eigenvalue weighted by atomic mass is 19.1. The van der Waals surface area contributed by atoms with Crippen molar-refractivity contribution in [3.63, 3.8) is 0 Å². The number of nitrogens with two attached hydrogens (primary N) is 1. The van der Waals surface area contributed by atoms with Crippen LogP contribution in [-0.2, 0) is 4.74 Å². The van der Waals surface area contributed by atoms with E-state index >= 15 is 0 Å². The van der Waals surface area contributed by atoms with E-state index in [1.807, 2.05) is 19.1 Å². The second kappa shape index (κ2) is 5.92. The van der Waals surface area contributed by atoms with Crippen molar-refractivity contribution in [1.29, 1.82) is 0 Å². The number of cyclic esters (lactones) is 1. The molecule has 0 radical (unpaired) electrons. The Kier molecular flexibility index (Phi) is 3.62. The third kappa shape index (κ3) is 2.73. The summed E-state index contributed by atoms with van der Waals surface area (Å²) < 4.78 is 19.8. The average Bonchev–Trinajstić information content (AvgIpc) is 3.02. The fourth-order valence-corrected chi connectivity index (χ4v) is 4.21. The van der Waals surface area contributed by atoms with Crippen molar-refractivity contribution in [1.82, 2.24) is 4.98 Å². The first-order valence-electron chi connectivity index (χ1n) is 9.26. The lowest BCUT2D eigenvalue weighted by Crippen LogP contribution is -2.28. The first kappa shape index (κ1) is 16.5. The molecule has 0 bridgehead atoms. The molecule has 2 N–H and O–H groups in total. The summed E-state index contributed by atoms with van der Waals surface area (Å²) in [5.41, 5.74) is 7.66. The minimum atomic E-state index is -0.441. The van der Waals surface area contributed by atoms with E-state index in [9.17, 15) is 9.18 Å². The lowest BCUT2D eigenvalue weighted by molar-refractivity contribution is 0.150. The molecule has 2 saturated heterocycles. The molecular weight excluding hydrogens is 347 g/mol. The second-order valence-corrected chi connectivity index (χ2v) is 7.68. The predicted octanol–water partition coefficient (Wildman–Crippen LogP) is 2.63. The van der Waals surface area contributed by atoms with Gasteiger partial charge < -0.3 is 15.4 Å². The Labute approximate surface area is 156 Å². The molecule has 7 heteroatoms. The number of benzene rings is 1. The largest absolute Gasteiger partial charge is 0.444 e. The number of pyridine rings is 1. The van der Waals surface area contributed by atoms with Gasteiger partial charge in [0.2, 0.25) is 0 Å². The molecule has 6 nitrogen and oxygen atoms in total. The van der Waals surface area contributed by atoms with Crippen LogP contribution in [0.2, 0.25) is 0 Å². The molecule has 3 fully saturated rings. The molecule has 1 saturated carbocycles. The number of piperidine rings is 1. The van der Waals surface area contributed by atoms with Gasteiger partial charge in [0.1, 0.15) is 17.7 Å². The highest BCUT2D eigenvalue weighted by Crippen LogP contribution is 2.45. The molecule has 3 heterocycles. The van der Waals surface area contributed by atoms with Crippen molar-refractivity contribution < 1.29 is 13.9 Å². The summed E-state index contributed by atoms with van der Waals surface area (Å²) in [6.07, 6.45) is 1.07. The lowest BCUT2D eigenvalue weighted by Gasteiger charge is -2.20. The van der Waals surface area contributed by atoms with E-state index in [1.54, 1.807) is 18.3 Å². The number of aromatic nitrogens is 1. The van der Waals surface area contributed by atoms with Crippen molar-refractivity contribution in [2.24, 2.45) is 17.6 Å². The van der Waals surface area contributed by atoms with Gasteiger partial charge in [0.25, 0.3) is 0 Å². The van der Waals surface area contributed by atoms with Gasteiger partial charge in [0, 0.05) is 36.5 Å². The summed E-state index contributed by atoms with van der Waals surface area (Å²) >= 11 is 0. The van der Waals surface area contributed by atoms with E-state index in [1.165, 1.54) is 11.0 Å². The van der Waals surface area contributed by atoms with E-state index < -0.39 is 6.09 Å². The van der Waals surface area contributed by atoms with Gasteiger partial charge in [0.15, 0.2) is 0 Å². The molecule has 1 aliphatic carbocycles. The van der Waals surface area contributed by atoms with Crippen LogP contribution in [0.3, 0.4) is 0 Å². The van der Waals surface area contributed by atoms with Gasteiger partial charge in [-0.2, -0.15) is 0 Å². The topological polar surface area (TPSA) is 71.7 Å². The second-order valence-electron chi connectivity index (χ2n) is 7.68. The zero-order valence-corrected chi connectivity index (χ0v) is 15.0. The maximum absolute atomic E-state index is 14.7. The number of halogens is 1. The monoisotopic (exact) mass is 368 g/mol. The zero-order valence-electron chi connectivity index (χ0n) is 15.0. The number of amides is 1. The van der Waals surface area contributed by atoms with Crippen molar-refractivity contribution in [3.8, 4) is 11.1 Å². The highest BCUT2D eigenvalue weighted by Gasteiger charge is 2.53. The number of carbonyl (C=O) groups excluding carboxylic acids is 1. The minimum Gasteiger partial charge on any atom is -0.444 e. The summed E-state index contributed by atoms with van der Waals surface area (Å²) in [4.78, 5) is 20.0. The maximum Gasteiger partial charge on any atom is 0.414 e. The van der Waals surface area contributed by atoms with Crippen LogP contribution in [0.4, 0.5) is 20.7 Å². The quantitative estimate of drug-likeness (QED) is 0.902. The first-order chi connectivity index (χ1) is 13.0. The summed E-state index contributed by atoms with van der Waals surface area (Å²) in [6.45, 7) is 4.14. The summed E-state index contributed by atoms with van der Waals surface area (Å²) in [5.74, 6) is 1.71.